The zero-order chi connectivity index (χ0) is 8.32. The summed E-state index contributed by atoms with van der Waals surface area (Å²) in [6.07, 6.45) is 0. The molecule has 0 aromatic heterocycles. The Morgan fingerprint density at radius 3 is 2.36 bits per heavy atom. The number of nitrogens with two attached hydrogens (primary N) is 2. The van der Waals surface area contributed by atoms with Crippen molar-refractivity contribution >= 4 is 19.4 Å². The van der Waals surface area contributed by atoms with E-state index in [0.717, 1.165) is 24.6 Å². The van der Waals surface area contributed by atoms with E-state index in [1.54, 1.807) is 0 Å². The Morgan fingerprint density at radius 1 is 1.36 bits per heavy atom. The van der Waals surface area contributed by atoms with Gasteiger partial charge in [-0.25, -0.2) is 5.01 Å². The Labute approximate surface area is 70.4 Å². The molecule has 0 spiro atoms. The zero-order valence-electron chi connectivity index (χ0n) is 6.19. The van der Waals surface area contributed by atoms with Crippen molar-refractivity contribution in [2.24, 2.45) is 11.0 Å². The summed E-state index contributed by atoms with van der Waals surface area (Å²) in [6.45, 7) is 1.70. The molecule has 0 aromatic carbocycles. The van der Waals surface area contributed by atoms with E-state index in [1.807, 2.05) is 16.8 Å². The zero-order valence-corrected chi connectivity index (χ0v) is 7.90. The fourth-order valence-corrected chi connectivity index (χ4v) is 2.43. The second-order valence-electron chi connectivity index (χ2n) is 2.41. The number of hydrogen-bond acceptors (Lipinski definition) is 3. The molecular formula is C4H13N4OPS. The molecule has 0 bridgehead atoms. The number of hydrogen-bond donors (Lipinski definition) is 3. The van der Waals surface area contributed by atoms with E-state index in [1.165, 1.54) is 0 Å². The van der Waals surface area contributed by atoms with Crippen molar-refractivity contribution in [2.75, 3.05) is 24.6 Å². The number of nitrogens with zero attached hydrogens (tertiary/aromatic N) is 1. The third-order valence-electron chi connectivity index (χ3n) is 1.31. The standard InChI is InChI=1S/C4H13N4OPS/c5-10(6,9)7-8-1-3-11-4-2-8/h1-4H2,(H5,5,6,7,9). The average molecular weight is 196 g/mol. The highest BCUT2D eigenvalue weighted by Crippen LogP contribution is 2.20. The molecule has 1 heterocycles. The summed E-state index contributed by atoms with van der Waals surface area (Å²) in [5, 5.41) is 4.41. The van der Waals surface area contributed by atoms with Crippen molar-refractivity contribution < 1.29 is 4.57 Å². The van der Waals surface area contributed by atoms with Crippen molar-refractivity contribution in [3.05, 3.63) is 0 Å². The molecule has 0 unspecified atom stereocenters. The Kier molecular flexibility index (Phi) is 3.36. The van der Waals surface area contributed by atoms with Crippen molar-refractivity contribution in [3.63, 3.8) is 0 Å². The van der Waals surface area contributed by atoms with Crippen LogP contribution in [0.3, 0.4) is 0 Å². The van der Waals surface area contributed by atoms with Crippen LogP contribution in [-0.4, -0.2) is 29.6 Å². The Balaban J connectivity index is 2.30. The molecule has 1 aliphatic heterocycles. The van der Waals surface area contributed by atoms with Gasteiger partial charge in [0.1, 0.15) is 0 Å². The Hall–Kier alpha value is 0.420. The monoisotopic (exact) mass is 196 g/mol. The van der Waals surface area contributed by atoms with Gasteiger partial charge in [-0.1, -0.05) is 0 Å². The lowest BCUT2D eigenvalue weighted by Crippen LogP contribution is -2.44. The fourth-order valence-electron chi connectivity index (χ4n) is 0.884. The van der Waals surface area contributed by atoms with Gasteiger partial charge in [0.15, 0.2) is 0 Å². The molecular weight excluding hydrogens is 183 g/mol. The number of hydrazine groups is 1. The Bertz CT molecular complexity index is 165. The van der Waals surface area contributed by atoms with Gasteiger partial charge in [-0.2, -0.15) is 17.0 Å². The van der Waals surface area contributed by atoms with Crippen molar-refractivity contribution in [3.8, 4) is 0 Å². The summed E-state index contributed by atoms with van der Waals surface area (Å²) >= 11 is 1.87. The molecule has 0 amide bonds. The molecule has 0 radical (unpaired) electrons. The van der Waals surface area contributed by atoms with E-state index in [2.05, 4.69) is 5.20 Å². The lowest BCUT2D eigenvalue weighted by atomic mass is 10.6. The summed E-state index contributed by atoms with van der Waals surface area (Å²) in [5.41, 5.74) is 10.3. The normalized spacial score (nSPS) is 22.0. The molecule has 1 fully saturated rings. The van der Waals surface area contributed by atoms with E-state index < -0.39 is 7.59 Å². The van der Waals surface area contributed by atoms with Crippen LogP contribution in [-0.2, 0) is 4.57 Å². The first-order valence-corrected chi connectivity index (χ1v) is 6.36. The first kappa shape index (κ1) is 9.51. The second kappa shape index (κ2) is 3.89. The molecule has 11 heavy (non-hydrogen) atoms. The summed E-state index contributed by atoms with van der Waals surface area (Å²) < 4.78 is 10.9. The van der Waals surface area contributed by atoms with E-state index in [4.69, 9.17) is 11.0 Å². The molecule has 1 saturated heterocycles. The first-order chi connectivity index (χ1) is 5.08. The van der Waals surface area contributed by atoms with E-state index >= 15 is 0 Å². The van der Waals surface area contributed by atoms with Crippen molar-refractivity contribution in [1.82, 2.24) is 10.2 Å². The third kappa shape index (κ3) is 4.10. The molecule has 7 heteroatoms. The van der Waals surface area contributed by atoms with Crippen LogP contribution in [0.2, 0.25) is 0 Å². The highest BCUT2D eigenvalue weighted by Gasteiger charge is 2.16. The minimum absolute atomic E-state index is 0.850. The van der Waals surface area contributed by atoms with Crippen LogP contribution < -0.4 is 16.2 Å². The van der Waals surface area contributed by atoms with Crippen LogP contribution in [0.15, 0.2) is 0 Å². The van der Waals surface area contributed by atoms with Crippen LogP contribution in [0.25, 0.3) is 0 Å². The maximum absolute atomic E-state index is 10.9. The van der Waals surface area contributed by atoms with Gasteiger partial charge in [0.25, 0.3) is 7.59 Å². The van der Waals surface area contributed by atoms with Gasteiger partial charge >= 0.3 is 0 Å². The number of thioether (sulfide) groups is 1. The minimum Gasteiger partial charge on any atom is -0.270 e. The third-order valence-corrected chi connectivity index (χ3v) is 2.85. The van der Waals surface area contributed by atoms with Gasteiger partial charge in [-0.15, -0.1) is 0 Å². The quantitative estimate of drug-likeness (QED) is 0.519. The SMILES string of the molecule is NP(N)(=O)NN1CCSCC1. The molecule has 0 atom stereocenters. The van der Waals surface area contributed by atoms with Gasteiger partial charge in [0, 0.05) is 24.6 Å². The molecule has 0 aliphatic carbocycles. The van der Waals surface area contributed by atoms with Crippen LogP contribution in [0.4, 0.5) is 0 Å². The fraction of sp³-hybridized carbons (Fsp3) is 1.00. The van der Waals surface area contributed by atoms with Gasteiger partial charge in [-0.3, -0.25) is 15.6 Å². The number of rotatable bonds is 2. The maximum Gasteiger partial charge on any atom is 0.287 e. The average Bonchev–Trinajstić information content (AvgIpc) is 1.85. The largest absolute Gasteiger partial charge is 0.287 e. The maximum atomic E-state index is 10.9. The highest BCUT2D eigenvalue weighted by atomic mass is 32.2. The topological polar surface area (TPSA) is 84.4 Å². The lowest BCUT2D eigenvalue weighted by Gasteiger charge is -2.27. The van der Waals surface area contributed by atoms with Gasteiger partial charge in [0.2, 0.25) is 0 Å². The second-order valence-corrected chi connectivity index (χ2v) is 5.25. The molecule has 5 nitrogen and oxygen atoms in total. The molecule has 1 rings (SSSR count). The van der Waals surface area contributed by atoms with Gasteiger partial charge < -0.3 is 0 Å². The highest BCUT2D eigenvalue weighted by molar-refractivity contribution is 7.99. The van der Waals surface area contributed by atoms with Crippen LogP contribution in [0.5, 0.6) is 0 Å². The van der Waals surface area contributed by atoms with Gasteiger partial charge in [0.05, 0.1) is 0 Å². The molecule has 5 N–H and O–H groups in total. The van der Waals surface area contributed by atoms with Crippen LogP contribution >= 0.6 is 19.4 Å². The summed E-state index contributed by atoms with van der Waals surface area (Å²) in [4.78, 5) is 0. The Morgan fingerprint density at radius 2 is 1.91 bits per heavy atom. The molecule has 1 aliphatic rings. The molecule has 0 saturated carbocycles. The van der Waals surface area contributed by atoms with E-state index in [-0.39, 0.29) is 0 Å². The van der Waals surface area contributed by atoms with E-state index in [0.29, 0.717) is 0 Å². The number of nitrogens with one attached hydrogen (secondary N) is 1. The lowest BCUT2D eigenvalue weighted by molar-refractivity contribution is 0.265. The predicted octanol–water partition coefficient (Wildman–Crippen LogP) is -0.435. The summed E-state index contributed by atoms with van der Waals surface area (Å²) in [7, 11) is -3.07. The molecule has 66 valence electrons. The predicted molar refractivity (Wildman–Crippen MR) is 48.0 cm³/mol. The van der Waals surface area contributed by atoms with Crippen molar-refractivity contribution in [2.45, 2.75) is 0 Å². The smallest absolute Gasteiger partial charge is 0.270 e. The summed E-state index contributed by atoms with van der Waals surface area (Å²) in [5.74, 6) is 2.07. The van der Waals surface area contributed by atoms with Crippen LogP contribution in [0.1, 0.15) is 0 Å². The van der Waals surface area contributed by atoms with E-state index in [9.17, 15) is 4.57 Å². The summed E-state index contributed by atoms with van der Waals surface area (Å²) in [6, 6.07) is 0. The minimum atomic E-state index is -3.07. The van der Waals surface area contributed by atoms with Crippen LogP contribution in [0, 0.1) is 0 Å². The first-order valence-electron chi connectivity index (χ1n) is 3.36. The molecule has 0 aromatic rings. The van der Waals surface area contributed by atoms with Gasteiger partial charge in [-0.05, 0) is 0 Å². The van der Waals surface area contributed by atoms with Crippen molar-refractivity contribution in [1.29, 1.82) is 0 Å².